The van der Waals surface area contributed by atoms with Crippen molar-refractivity contribution in [1.29, 1.82) is 0 Å². The molecular formula is C50H64O4. The predicted molar refractivity (Wildman–Crippen MR) is 228 cm³/mol. The predicted octanol–water partition coefficient (Wildman–Crippen LogP) is 12.5. The third kappa shape index (κ3) is 16.5. The molecule has 0 aromatic carbocycles. The SMILES string of the molecule is C#CCCC(=O)O[C@@H]1CC(C)=C(/C=C/C(C)=C/C=C/C(C)=C/C=C/C=C(C)/C=C/C=C(C)/C=C/C2=C(C)C[C@@H](OC(=O)CCC#C)CC2(C)C)C(C)(C)C1. The van der Waals surface area contributed by atoms with Crippen LogP contribution in [0.5, 0.6) is 0 Å². The number of rotatable bonds is 16. The fourth-order valence-corrected chi connectivity index (χ4v) is 7.07. The summed E-state index contributed by atoms with van der Waals surface area (Å²) in [5.74, 6) is 4.59. The van der Waals surface area contributed by atoms with Gasteiger partial charge in [0.1, 0.15) is 12.2 Å². The third-order valence-electron chi connectivity index (χ3n) is 9.76. The van der Waals surface area contributed by atoms with Gasteiger partial charge in [-0.2, -0.15) is 0 Å². The molecule has 2 atom stereocenters. The zero-order valence-electron chi connectivity index (χ0n) is 34.7. The van der Waals surface area contributed by atoms with Gasteiger partial charge in [-0.3, -0.25) is 9.59 Å². The van der Waals surface area contributed by atoms with Gasteiger partial charge >= 0.3 is 11.9 Å². The number of ether oxygens (including phenoxy) is 2. The zero-order chi connectivity index (χ0) is 40.3. The molecule has 2 aliphatic carbocycles. The van der Waals surface area contributed by atoms with Crippen molar-refractivity contribution in [3.05, 3.63) is 130 Å². The summed E-state index contributed by atoms with van der Waals surface area (Å²) in [6.45, 7) is 21.5. The second-order valence-electron chi connectivity index (χ2n) is 16.0. The maximum absolute atomic E-state index is 12.1. The Morgan fingerprint density at radius 3 is 1.28 bits per heavy atom. The largest absolute Gasteiger partial charge is 0.462 e. The van der Waals surface area contributed by atoms with E-state index in [1.807, 2.05) is 0 Å². The topological polar surface area (TPSA) is 52.6 Å². The van der Waals surface area contributed by atoms with E-state index in [4.69, 9.17) is 22.3 Å². The summed E-state index contributed by atoms with van der Waals surface area (Å²) in [7, 11) is 0. The summed E-state index contributed by atoms with van der Waals surface area (Å²) >= 11 is 0. The summed E-state index contributed by atoms with van der Waals surface area (Å²) < 4.78 is 11.4. The van der Waals surface area contributed by atoms with Gasteiger partial charge in [-0.1, -0.05) is 146 Å². The number of allylic oxidation sites excluding steroid dienone is 20. The summed E-state index contributed by atoms with van der Waals surface area (Å²) in [4.78, 5) is 24.2. The van der Waals surface area contributed by atoms with Crippen molar-refractivity contribution in [1.82, 2.24) is 0 Å². The normalized spacial score (nSPS) is 21.5. The number of hydrogen-bond acceptors (Lipinski definition) is 4. The van der Waals surface area contributed by atoms with Crippen LogP contribution < -0.4 is 0 Å². The lowest BCUT2D eigenvalue weighted by molar-refractivity contribution is -0.151. The molecule has 2 aliphatic rings. The highest BCUT2D eigenvalue weighted by molar-refractivity contribution is 5.70. The molecule has 0 saturated carbocycles. The molecule has 54 heavy (non-hydrogen) atoms. The van der Waals surface area contributed by atoms with Gasteiger partial charge in [0.15, 0.2) is 0 Å². The molecule has 0 N–H and O–H groups in total. The zero-order valence-corrected chi connectivity index (χ0v) is 34.7. The lowest BCUT2D eigenvalue weighted by Gasteiger charge is -2.37. The van der Waals surface area contributed by atoms with Crippen molar-refractivity contribution in [2.75, 3.05) is 0 Å². The average molecular weight is 729 g/mol. The number of carbonyl (C=O) groups is 2. The molecule has 0 fully saturated rings. The van der Waals surface area contributed by atoms with Crippen LogP contribution in [0.2, 0.25) is 0 Å². The molecular weight excluding hydrogens is 665 g/mol. The number of carbonyl (C=O) groups excluding carboxylic acids is 2. The monoisotopic (exact) mass is 728 g/mol. The van der Waals surface area contributed by atoms with E-state index >= 15 is 0 Å². The standard InChI is InChI=1S/C50H64O4/c1-13-15-27-47(51)53-43-33-41(7)45(49(9,10)35-43)31-29-39(5)25-19-23-37(3)21-17-18-22-38(4)24-20-26-40(6)30-32-46-42(8)34-44(36-50(46,11)12)54-48(52)28-16-14-2/h1-2,17-26,29-32,43-44H,15-16,27-28,33-36H2,3-12H3/b18-17+,23-19+,24-20+,31-29+,32-30+,37-21+,38-22+,39-25+,40-26+/t43-,44-/m1/s1. The summed E-state index contributed by atoms with van der Waals surface area (Å²) in [5.41, 5.74) is 9.58. The Morgan fingerprint density at radius 2 is 0.944 bits per heavy atom. The highest BCUT2D eigenvalue weighted by Gasteiger charge is 2.35. The van der Waals surface area contributed by atoms with E-state index in [-0.39, 0.29) is 47.8 Å². The Labute approximate surface area is 328 Å². The van der Waals surface area contributed by atoms with Gasteiger partial charge < -0.3 is 9.47 Å². The lowest BCUT2D eigenvalue weighted by atomic mass is 9.71. The number of terminal acetylenes is 2. The molecule has 0 amide bonds. The van der Waals surface area contributed by atoms with Crippen LogP contribution in [0.4, 0.5) is 0 Å². The van der Waals surface area contributed by atoms with Gasteiger partial charge in [-0.25, -0.2) is 0 Å². The van der Waals surface area contributed by atoms with Gasteiger partial charge in [0, 0.05) is 25.7 Å². The van der Waals surface area contributed by atoms with Gasteiger partial charge in [-0.15, -0.1) is 24.7 Å². The number of hydrogen-bond donors (Lipinski definition) is 0. The molecule has 4 nitrogen and oxygen atoms in total. The maximum Gasteiger partial charge on any atom is 0.307 e. The van der Waals surface area contributed by atoms with Crippen molar-refractivity contribution in [3.63, 3.8) is 0 Å². The number of esters is 2. The van der Waals surface area contributed by atoms with E-state index in [2.05, 4.69) is 166 Å². The van der Waals surface area contributed by atoms with E-state index in [0.29, 0.717) is 12.8 Å². The van der Waals surface area contributed by atoms with Crippen LogP contribution in [0.25, 0.3) is 0 Å². The minimum atomic E-state index is -0.210. The van der Waals surface area contributed by atoms with Crippen LogP contribution >= 0.6 is 0 Å². The molecule has 288 valence electrons. The molecule has 0 spiro atoms. The Kier molecular flexibility index (Phi) is 18.8. The van der Waals surface area contributed by atoms with E-state index in [1.165, 1.54) is 22.3 Å². The van der Waals surface area contributed by atoms with Crippen molar-refractivity contribution in [3.8, 4) is 24.7 Å². The smallest absolute Gasteiger partial charge is 0.307 e. The first-order chi connectivity index (χ1) is 25.5. The van der Waals surface area contributed by atoms with Crippen molar-refractivity contribution < 1.29 is 19.1 Å². The van der Waals surface area contributed by atoms with Crippen LogP contribution in [0.1, 0.15) is 121 Å². The van der Waals surface area contributed by atoms with Gasteiger partial charge in [0.05, 0.1) is 12.8 Å². The van der Waals surface area contributed by atoms with Crippen molar-refractivity contribution in [2.45, 2.75) is 133 Å². The minimum absolute atomic E-state index is 0.0899. The van der Waals surface area contributed by atoms with Crippen LogP contribution in [-0.4, -0.2) is 24.1 Å². The second kappa shape index (κ2) is 22.4. The second-order valence-corrected chi connectivity index (χ2v) is 16.0. The Balaban J connectivity index is 1.92. The first kappa shape index (κ1) is 45.4. The van der Waals surface area contributed by atoms with E-state index in [0.717, 1.165) is 48.0 Å². The molecule has 0 heterocycles. The van der Waals surface area contributed by atoms with Crippen LogP contribution in [0.15, 0.2) is 130 Å². The molecule has 0 aliphatic heterocycles. The fraction of sp³-hybridized carbons (Fsp3) is 0.440. The molecule has 0 saturated heterocycles. The van der Waals surface area contributed by atoms with E-state index in [1.54, 1.807) is 0 Å². The summed E-state index contributed by atoms with van der Waals surface area (Å²) in [5, 5.41) is 0. The summed E-state index contributed by atoms with van der Waals surface area (Å²) in [6, 6.07) is 0. The minimum Gasteiger partial charge on any atom is -0.462 e. The Bertz CT molecular complexity index is 1640. The van der Waals surface area contributed by atoms with Gasteiger partial charge in [-0.05, 0) is 76.4 Å². The van der Waals surface area contributed by atoms with Gasteiger partial charge in [0.2, 0.25) is 0 Å². The lowest BCUT2D eigenvalue weighted by Crippen LogP contribution is -2.31. The molecule has 0 bridgehead atoms. The average Bonchev–Trinajstić information content (AvgIpc) is 3.06. The highest BCUT2D eigenvalue weighted by atomic mass is 16.5. The van der Waals surface area contributed by atoms with Crippen molar-refractivity contribution >= 4 is 11.9 Å². The van der Waals surface area contributed by atoms with Crippen molar-refractivity contribution in [2.24, 2.45) is 10.8 Å². The van der Waals surface area contributed by atoms with Crippen LogP contribution in [0.3, 0.4) is 0 Å². The first-order valence-corrected chi connectivity index (χ1v) is 19.2. The van der Waals surface area contributed by atoms with Crippen LogP contribution in [0, 0.1) is 35.5 Å². The van der Waals surface area contributed by atoms with E-state index < -0.39 is 0 Å². The fourth-order valence-electron chi connectivity index (χ4n) is 7.07. The Hall–Kier alpha value is -4.80. The quantitative estimate of drug-likeness (QED) is 0.0902. The molecule has 0 radical (unpaired) electrons. The molecule has 0 unspecified atom stereocenters. The Morgan fingerprint density at radius 1 is 0.611 bits per heavy atom. The first-order valence-electron chi connectivity index (χ1n) is 19.2. The maximum atomic E-state index is 12.1. The highest BCUT2D eigenvalue weighted by Crippen LogP contribution is 2.43. The van der Waals surface area contributed by atoms with Gasteiger partial charge in [0.25, 0.3) is 0 Å². The molecule has 0 aromatic rings. The van der Waals surface area contributed by atoms with Crippen LogP contribution in [-0.2, 0) is 19.1 Å². The molecule has 0 aromatic heterocycles. The summed E-state index contributed by atoms with van der Waals surface area (Å²) in [6.07, 6.45) is 44.5. The van der Waals surface area contributed by atoms with E-state index in [9.17, 15) is 9.59 Å². The molecule has 2 rings (SSSR count). The molecule has 4 heteroatoms. The third-order valence-corrected chi connectivity index (χ3v) is 9.76.